The average Bonchev–Trinajstić information content (AvgIpc) is 2.53. The molecule has 1 fully saturated rings. The van der Waals surface area contributed by atoms with Crippen LogP contribution >= 0.6 is 0 Å². The largest absolute Gasteiger partial charge is 0.480 e. The van der Waals surface area contributed by atoms with Crippen LogP contribution in [0, 0.1) is 5.92 Å². The molecule has 2 rings (SSSR count). The predicted molar refractivity (Wildman–Crippen MR) is 74.5 cm³/mol. The molecular formula is C15H19NO5. The Bertz CT molecular complexity index is 490. The summed E-state index contributed by atoms with van der Waals surface area (Å²) in [5, 5.41) is 20.3. The summed E-state index contributed by atoms with van der Waals surface area (Å²) in [7, 11) is 0. The summed E-state index contributed by atoms with van der Waals surface area (Å²) < 4.78 is 5.70. The first-order valence-corrected chi connectivity index (χ1v) is 6.94. The van der Waals surface area contributed by atoms with Gasteiger partial charge in [-0.25, -0.2) is 4.79 Å². The number of rotatable bonds is 5. The molecular weight excluding hydrogens is 274 g/mol. The molecule has 1 heterocycles. The van der Waals surface area contributed by atoms with Gasteiger partial charge in [0.05, 0.1) is 18.6 Å². The second kappa shape index (κ2) is 7.19. The molecule has 114 valence electrons. The van der Waals surface area contributed by atoms with Crippen molar-refractivity contribution >= 4 is 11.9 Å². The molecule has 3 atom stereocenters. The van der Waals surface area contributed by atoms with Crippen molar-refractivity contribution in [3.05, 3.63) is 35.9 Å². The second-order valence-electron chi connectivity index (χ2n) is 5.03. The van der Waals surface area contributed by atoms with E-state index in [0.717, 1.165) is 12.0 Å². The Labute approximate surface area is 122 Å². The number of carbonyl (C=O) groups is 2. The number of amides is 1. The fraction of sp³-hybridized carbons (Fsp3) is 0.467. The molecule has 0 radical (unpaired) electrons. The van der Waals surface area contributed by atoms with Crippen LogP contribution in [0.5, 0.6) is 0 Å². The lowest BCUT2D eigenvalue weighted by atomic mass is 9.88. The van der Waals surface area contributed by atoms with E-state index in [1.54, 1.807) is 0 Å². The van der Waals surface area contributed by atoms with E-state index in [1.165, 1.54) is 0 Å². The van der Waals surface area contributed by atoms with Gasteiger partial charge in [0.1, 0.15) is 6.04 Å². The first-order chi connectivity index (χ1) is 10.1. The molecule has 1 saturated heterocycles. The van der Waals surface area contributed by atoms with Gasteiger partial charge in [0, 0.05) is 6.61 Å². The van der Waals surface area contributed by atoms with Crippen LogP contribution in [0.3, 0.4) is 0 Å². The maximum atomic E-state index is 12.3. The Morgan fingerprint density at radius 3 is 2.67 bits per heavy atom. The second-order valence-corrected chi connectivity index (χ2v) is 5.03. The highest BCUT2D eigenvalue weighted by Crippen LogP contribution is 2.33. The number of hydrogen-bond donors (Lipinski definition) is 3. The lowest BCUT2D eigenvalue weighted by molar-refractivity contribution is -0.146. The van der Waals surface area contributed by atoms with Crippen molar-refractivity contribution in [3.63, 3.8) is 0 Å². The topological polar surface area (TPSA) is 95.9 Å². The maximum absolute atomic E-state index is 12.3. The maximum Gasteiger partial charge on any atom is 0.328 e. The summed E-state index contributed by atoms with van der Waals surface area (Å²) in [4.78, 5) is 23.2. The van der Waals surface area contributed by atoms with Gasteiger partial charge in [0.15, 0.2) is 0 Å². The summed E-state index contributed by atoms with van der Waals surface area (Å²) in [5.41, 5.74) is 0.897. The number of carboxylic acid groups (broad SMARTS) is 1. The van der Waals surface area contributed by atoms with E-state index in [2.05, 4.69) is 5.32 Å². The number of benzene rings is 1. The van der Waals surface area contributed by atoms with Gasteiger partial charge in [-0.1, -0.05) is 30.3 Å². The molecule has 1 aromatic rings. The summed E-state index contributed by atoms with van der Waals surface area (Å²) in [6.45, 7) is -0.0592. The molecule has 3 N–H and O–H groups in total. The SMILES string of the molecule is O=C(N[C@@H](CO)C(=O)O)C1CCCOC1c1ccccc1. The Morgan fingerprint density at radius 1 is 1.33 bits per heavy atom. The number of hydrogen-bond acceptors (Lipinski definition) is 4. The van der Waals surface area contributed by atoms with Crippen molar-refractivity contribution in [2.45, 2.75) is 25.0 Å². The van der Waals surface area contributed by atoms with Crippen molar-refractivity contribution in [1.82, 2.24) is 5.32 Å². The van der Waals surface area contributed by atoms with Gasteiger partial charge in [-0.3, -0.25) is 4.79 Å². The fourth-order valence-electron chi connectivity index (χ4n) is 2.49. The zero-order chi connectivity index (χ0) is 15.2. The number of carboxylic acids is 1. The van der Waals surface area contributed by atoms with Crippen molar-refractivity contribution < 1.29 is 24.5 Å². The first-order valence-electron chi connectivity index (χ1n) is 6.94. The average molecular weight is 293 g/mol. The van der Waals surface area contributed by atoms with E-state index < -0.39 is 30.4 Å². The van der Waals surface area contributed by atoms with Gasteiger partial charge in [-0.15, -0.1) is 0 Å². The molecule has 2 unspecified atom stereocenters. The highest BCUT2D eigenvalue weighted by Gasteiger charge is 2.34. The number of ether oxygens (including phenoxy) is 1. The minimum absolute atomic E-state index is 0.381. The number of carbonyl (C=O) groups excluding carboxylic acids is 1. The van der Waals surface area contributed by atoms with Gasteiger partial charge in [0.25, 0.3) is 0 Å². The van der Waals surface area contributed by atoms with Crippen LogP contribution < -0.4 is 5.32 Å². The number of nitrogens with one attached hydrogen (secondary N) is 1. The molecule has 0 aromatic heterocycles. The van der Waals surface area contributed by atoms with E-state index in [-0.39, 0.29) is 6.10 Å². The van der Waals surface area contributed by atoms with Gasteiger partial charge in [-0.05, 0) is 18.4 Å². The predicted octanol–water partition coefficient (Wildman–Crippen LogP) is 0.716. The molecule has 21 heavy (non-hydrogen) atoms. The van der Waals surface area contributed by atoms with Crippen molar-refractivity contribution in [2.75, 3.05) is 13.2 Å². The minimum atomic E-state index is -1.28. The molecule has 0 aliphatic carbocycles. The zero-order valence-corrected chi connectivity index (χ0v) is 11.6. The van der Waals surface area contributed by atoms with Crippen LogP contribution in [-0.2, 0) is 14.3 Å². The number of aliphatic hydroxyl groups is 1. The number of aliphatic carboxylic acids is 1. The first kappa shape index (κ1) is 15.5. The highest BCUT2D eigenvalue weighted by molar-refractivity contribution is 5.85. The molecule has 1 amide bonds. The van der Waals surface area contributed by atoms with Gasteiger partial charge in [-0.2, -0.15) is 0 Å². The normalized spacial score (nSPS) is 23.3. The van der Waals surface area contributed by atoms with Gasteiger partial charge >= 0.3 is 5.97 Å². The van der Waals surface area contributed by atoms with Crippen LogP contribution in [0.1, 0.15) is 24.5 Å². The molecule has 0 saturated carbocycles. The van der Waals surface area contributed by atoms with Crippen LogP contribution in [0.4, 0.5) is 0 Å². The molecule has 0 spiro atoms. The third-order valence-electron chi connectivity index (χ3n) is 3.58. The Morgan fingerprint density at radius 2 is 2.05 bits per heavy atom. The smallest absolute Gasteiger partial charge is 0.328 e. The standard InChI is InChI=1S/C15H19NO5/c17-9-12(15(19)20)16-14(18)11-7-4-8-21-13(11)10-5-2-1-3-6-10/h1-3,5-6,11-13,17H,4,7-9H2,(H,16,18)(H,19,20)/t11?,12-,13?/m0/s1. The zero-order valence-electron chi connectivity index (χ0n) is 11.6. The van der Waals surface area contributed by atoms with E-state index in [0.29, 0.717) is 13.0 Å². The third kappa shape index (κ3) is 3.80. The van der Waals surface area contributed by atoms with E-state index in [9.17, 15) is 9.59 Å². The number of aliphatic hydroxyl groups excluding tert-OH is 1. The Kier molecular flexibility index (Phi) is 5.30. The van der Waals surface area contributed by atoms with Gasteiger partial charge < -0.3 is 20.3 Å². The van der Waals surface area contributed by atoms with Crippen LogP contribution in [0.2, 0.25) is 0 Å². The fourth-order valence-corrected chi connectivity index (χ4v) is 2.49. The summed E-state index contributed by atoms with van der Waals surface area (Å²) in [6, 6.07) is 8.11. The molecule has 1 aliphatic rings. The molecule has 6 heteroatoms. The highest BCUT2D eigenvalue weighted by atomic mass is 16.5. The van der Waals surface area contributed by atoms with Crippen molar-refractivity contribution in [2.24, 2.45) is 5.92 Å². The van der Waals surface area contributed by atoms with Crippen molar-refractivity contribution in [3.8, 4) is 0 Å². The lowest BCUT2D eigenvalue weighted by Crippen LogP contribution is -2.47. The summed E-state index contributed by atoms with van der Waals surface area (Å²) in [6.07, 6.45) is 0.995. The minimum Gasteiger partial charge on any atom is -0.480 e. The molecule has 0 bridgehead atoms. The summed E-state index contributed by atoms with van der Waals surface area (Å²) in [5.74, 6) is -2.10. The van der Waals surface area contributed by atoms with Crippen LogP contribution in [-0.4, -0.2) is 41.3 Å². The van der Waals surface area contributed by atoms with E-state index in [4.69, 9.17) is 14.9 Å². The Balaban J connectivity index is 2.11. The van der Waals surface area contributed by atoms with Crippen molar-refractivity contribution in [1.29, 1.82) is 0 Å². The third-order valence-corrected chi connectivity index (χ3v) is 3.58. The van der Waals surface area contributed by atoms with Gasteiger partial charge in [0.2, 0.25) is 5.91 Å². The van der Waals surface area contributed by atoms with E-state index >= 15 is 0 Å². The lowest BCUT2D eigenvalue weighted by Gasteiger charge is -2.31. The molecule has 1 aromatic carbocycles. The molecule has 1 aliphatic heterocycles. The monoisotopic (exact) mass is 293 g/mol. The Hall–Kier alpha value is -1.92. The van der Waals surface area contributed by atoms with E-state index in [1.807, 2.05) is 30.3 Å². The van der Waals surface area contributed by atoms with Crippen LogP contribution in [0.25, 0.3) is 0 Å². The van der Waals surface area contributed by atoms with Crippen LogP contribution in [0.15, 0.2) is 30.3 Å². The quantitative estimate of drug-likeness (QED) is 0.743. The molecule has 6 nitrogen and oxygen atoms in total. The summed E-state index contributed by atoms with van der Waals surface area (Å²) >= 11 is 0.